The minimum Gasteiger partial charge on any atom is -0.353 e. The number of nitrogens with zero attached hydrogens (tertiary/aromatic N) is 6. The van der Waals surface area contributed by atoms with Crippen molar-refractivity contribution in [2.45, 2.75) is 25.9 Å². The molecule has 0 aromatic carbocycles. The summed E-state index contributed by atoms with van der Waals surface area (Å²) in [4.78, 5) is 18.4. The Kier molecular flexibility index (Phi) is 4.49. The van der Waals surface area contributed by atoms with Crippen LogP contribution in [-0.2, 0) is 0 Å². The van der Waals surface area contributed by atoms with E-state index < -0.39 is 0 Å². The Morgan fingerprint density at radius 1 is 0.955 bits per heavy atom. The summed E-state index contributed by atoms with van der Waals surface area (Å²) in [6.07, 6.45) is 2.02. The van der Waals surface area contributed by atoms with Crippen LogP contribution in [0.5, 0.6) is 0 Å². The maximum absolute atomic E-state index is 4.71. The standard InChI is InChI=1S/C14H20N6S2/c1-9-10(2)15-13(21-4)17-12(9)19-5-7-20(8-6-19)14-16-11(3)18-22-14/h5-8H2,1-4H3. The van der Waals surface area contributed by atoms with Crippen LogP contribution in [0.25, 0.3) is 0 Å². The average Bonchev–Trinajstić information content (AvgIpc) is 2.96. The summed E-state index contributed by atoms with van der Waals surface area (Å²) in [6.45, 7) is 9.90. The highest BCUT2D eigenvalue weighted by molar-refractivity contribution is 7.98. The molecule has 8 heteroatoms. The zero-order chi connectivity index (χ0) is 15.7. The monoisotopic (exact) mass is 336 g/mol. The second kappa shape index (κ2) is 6.37. The van der Waals surface area contributed by atoms with Gasteiger partial charge in [0.15, 0.2) is 5.16 Å². The summed E-state index contributed by atoms with van der Waals surface area (Å²) < 4.78 is 4.27. The maximum Gasteiger partial charge on any atom is 0.205 e. The molecule has 0 unspecified atom stereocenters. The Bertz CT molecular complexity index is 663. The van der Waals surface area contributed by atoms with Crippen LogP contribution in [0.1, 0.15) is 17.1 Å². The second-order valence-electron chi connectivity index (χ2n) is 5.34. The predicted molar refractivity (Wildman–Crippen MR) is 92.4 cm³/mol. The minimum absolute atomic E-state index is 0.847. The Morgan fingerprint density at radius 3 is 2.23 bits per heavy atom. The van der Waals surface area contributed by atoms with Crippen molar-refractivity contribution < 1.29 is 0 Å². The van der Waals surface area contributed by atoms with E-state index in [1.165, 1.54) is 17.1 Å². The molecule has 0 bridgehead atoms. The van der Waals surface area contributed by atoms with E-state index in [-0.39, 0.29) is 0 Å². The molecule has 3 heterocycles. The number of thioether (sulfide) groups is 1. The molecule has 0 N–H and O–H groups in total. The molecule has 1 aliphatic rings. The van der Waals surface area contributed by atoms with Gasteiger partial charge in [-0.25, -0.2) is 15.0 Å². The summed E-state index contributed by atoms with van der Waals surface area (Å²) in [7, 11) is 0. The Hall–Kier alpha value is -1.41. The number of hydrogen-bond acceptors (Lipinski definition) is 8. The van der Waals surface area contributed by atoms with E-state index in [9.17, 15) is 0 Å². The van der Waals surface area contributed by atoms with Gasteiger partial charge in [-0.3, -0.25) is 0 Å². The molecule has 118 valence electrons. The first kappa shape index (κ1) is 15.5. The number of aryl methyl sites for hydroxylation is 2. The zero-order valence-electron chi connectivity index (χ0n) is 13.3. The Morgan fingerprint density at radius 2 is 1.64 bits per heavy atom. The van der Waals surface area contributed by atoms with Crippen molar-refractivity contribution in [1.29, 1.82) is 0 Å². The zero-order valence-corrected chi connectivity index (χ0v) is 15.0. The first-order chi connectivity index (χ1) is 10.6. The van der Waals surface area contributed by atoms with Crippen LogP contribution in [0.15, 0.2) is 5.16 Å². The Balaban J connectivity index is 1.75. The van der Waals surface area contributed by atoms with Gasteiger partial charge in [0.05, 0.1) is 0 Å². The first-order valence-electron chi connectivity index (χ1n) is 7.28. The molecule has 1 fully saturated rings. The van der Waals surface area contributed by atoms with Crippen molar-refractivity contribution in [3.8, 4) is 0 Å². The van der Waals surface area contributed by atoms with E-state index in [2.05, 4.69) is 38.0 Å². The van der Waals surface area contributed by atoms with Crippen LogP contribution in [0.3, 0.4) is 0 Å². The topological polar surface area (TPSA) is 58.0 Å². The summed E-state index contributed by atoms with van der Waals surface area (Å²) in [5, 5.41) is 1.87. The fourth-order valence-corrected chi connectivity index (χ4v) is 3.64. The molecule has 2 aromatic heterocycles. The SMILES string of the molecule is CSc1nc(C)c(C)c(N2CCN(c3nc(C)ns3)CC2)n1. The number of rotatable bonds is 3. The third kappa shape index (κ3) is 3.03. The molecule has 0 radical (unpaired) electrons. The van der Waals surface area contributed by atoms with E-state index in [0.29, 0.717) is 0 Å². The smallest absolute Gasteiger partial charge is 0.205 e. The van der Waals surface area contributed by atoms with E-state index in [0.717, 1.165) is 53.8 Å². The fraction of sp³-hybridized carbons (Fsp3) is 0.571. The molecule has 3 rings (SSSR count). The molecule has 0 atom stereocenters. The van der Waals surface area contributed by atoms with Gasteiger partial charge in [-0.2, -0.15) is 4.37 Å². The number of piperazine rings is 1. The molecule has 6 nitrogen and oxygen atoms in total. The molecule has 1 saturated heterocycles. The van der Waals surface area contributed by atoms with Crippen LogP contribution in [0.2, 0.25) is 0 Å². The molecule has 22 heavy (non-hydrogen) atoms. The second-order valence-corrected chi connectivity index (χ2v) is 6.85. The van der Waals surface area contributed by atoms with Crippen LogP contribution in [-0.4, -0.2) is 51.8 Å². The van der Waals surface area contributed by atoms with E-state index >= 15 is 0 Å². The van der Waals surface area contributed by atoms with Gasteiger partial charge in [0.25, 0.3) is 0 Å². The maximum atomic E-state index is 4.71. The summed E-state index contributed by atoms with van der Waals surface area (Å²) in [5.41, 5.74) is 2.24. The lowest BCUT2D eigenvalue weighted by Crippen LogP contribution is -2.47. The van der Waals surface area contributed by atoms with Gasteiger partial charge in [-0.1, -0.05) is 11.8 Å². The lowest BCUT2D eigenvalue weighted by Gasteiger charge is -2.35. The van der Waals surface area contributed by atoms with Crippen molar-refractivity contribution in [3.05, 3.63) is 17.1 Å². The van der Waals surface area contributed by atoms with Crippen LogP contribution < -0.4 is 9.80 Å². The summed E-state index contributed by atoms with van der Waals surface area (Å²) >= 11 is 3.08. The Labute approximate surface area is 139 Å². The molecule has 0 spiro atoms. The van der Waals surface area contributed by atoms with E-state index in [4.69, 9.17) is 4.98 Å². The van der Waals surface area contributed by atoms with Gasteiger partial charge in [0.1, 0.15) is 11.6 Å². The third-order valence-corrected chi connectivity index (χ3v) is 5.31. The highest BCUT2D eigenvalue weighted by Gasteiger charge is 2.22. The third-order valence-electron chi connectivity index (χ3n) is 3.89. The minimum atomic E-state index is 0.847. The molecule has 2 aromatic rings. The molecule has 0 saturated carbocycles. The summed E-state index contributed by atoms with van der Waals surface area (Å²) in [6, 6.07) is 0. The molecular formula is C14H20N6S2. The van der Waals surface area contributed by atoms with Crippen molar-refractivity contribution in [3.63, 3.8) is 0 Å². The number of hydrogen-bond donors (Lipinski definition) is 0. The van der Waals surface area contributed by atoms with Crippen molar-refractivity contribution >= 4 is 34.2 Å². The quantitative estimate of drug-likeness (QED) is 0.629. The molecule has 1 aliphatic heterocycles. The highest BCUT2D eigenvalue weighted by atomic mass is 32.2. The van der Waals surface area contributed by atoms with Crippen LogP contribution in [0, 0.1) is 20.8 Å². The van der Waals surface area contributed by atoms with Crippen LogP contribution in [0.4, 0.5) is 10.9 Å². The van der Waals surface area contributed by atoms with Gasteiger partial charge < -0.3 is 9.80 Å². The highest BCUT2D eigenvalue weighted by Crippen LogP contribution is 2.25. The number of aromatic nitrogens is 4. The van der Waals surface area contributed by atoms with Crippen molar-refractivity contribution in [2.24, 2.45) is 0 Å². The molecular weight excluding hydrogens is 316 g/mol. The first-order valence-corrected chi connectivity index (χ1v) is 9.27. The van der Waals surface area contributed by atoms with Gasteiger partial charge >= 0.3 is 0 Å². The van der Waals surface area contributed by atoms with Gasteiger partial charge in [0.2, 0.25) is 5.13 Å². The van der Waals surface area contributed by atoms with Crippen molar-refractivity contribution in [1.82, 2.24) is 19.3 Å². The molecule has 0 aliphatic carbocycles. The fourth-order valence-electron chi connectivity index (χ4n) is 2.51. The lowest BCUT2D eigenvalue weighted by molar-refractivity contribution is 0.639. The van der Waals surface area contributed by atoms with Crippen LogP contribution >= 0.6 is 23.3 Å². The predicted octanol–water partition coefficient (Wildman–Crippen LogP) is 2.30. The summed E-state index contributed by atoms with van der Waals surface area (Å²) in [5.74, 6) is 1.93. The average molecular weight is 336 g/mol. The number of anilines is 2. The van der Waals surface area contributed by atoms with Gasteiger partial charge in [-0.05, 0) is 27.0 Å². The van der Waals surface area contributed by atoms with Crippen molar-refractivity contribution in [2.75, 3.05) is 42.2 Å². The van der Waals surface area contributed by atoms with Gasteiger partial charge in [0, 0.05) is 49.0 Å². The van der Waals surface area contributed by atoms with E-state index in [1.807, 2.05) is 13.2 Å². The van der Waals surface area contributed by atoms with Gasteiger partial charge in [-0.15, -0.1) is 0 Å². The largest absolute Gasteiger partial charge is 0.353 e. The lowest BCUT2D eigenvalue weighted by atomic mass is 10.2. The molecule has 0 amide bonds. The normalized spacial score (nSPS) is 15.5. The van der Waals surface area contributed by atoms with E-state index in [1.54, 1.807) is 11.8 Å².